The van der Waals surface area contributed by atoms with Crippen LogP contribution in [0.25, 0.3) is 33.5 Å². The maximum Gasteiger partial charge on any atom is 0.251 e. The first kappa shape index (κ1) is 23.8. The van der Waals surface area contributed by atoms with Crippen LogP contribution in [0, 0.1) is 0 Å². The number of carbonyl (C=O) groups is 1. The van der Waals surface area contributed by atoms with Crippen molar-refractivity contribution in [1.82, 2.24) is 25.2 Å². The molecule has 186 valence electrons. The predicted octanol–water partition coefficient (Wildman–Crippen LogP) is 3.19. The summed E-state index contributed by atoms with van der Waals surface area (Å²) in [7, 11) is 3.59. The van der Waals surface area contributed by atoms with Gasteiger partial charge in [0.2, 0.25) is 5.88 Å². The number of likely N-dealkylation sites (tertiary alicyclic amines) is 1. The number of phenols is 1. The van der Waals surface area contributed by atoms with Gasteiger partial charge >= 0.3 is 0 Å². The number of fused-ring (bicyclic) bond motifs is 1. The number of carbonyl (C=O) groups excluding carboxylic acids is 1. The molecule has 1 aliphatic heterocycles. The van der Waals surface area contributed by atoms with E-state index in [2.05, 4.69) is 25.2 Å². The number of hydrogen-bond donors (Lipinski definition) is 4. The van der Waals surface area contributed by atoms with Gasteiger partial charge in [-0.3, -0.25) is 4.79 Å². The number of H-pyrrole nitrogens is 1. The topological polar surface area (TPSA) is 124 Å². The lowest BCUT2D eigenvalue weighted by atomic mass is 9.91. The summed E-state index contributed by atoms with van der Waals surface area (Å²) < 4.78 is 5.38. The Labute approximate surface area is 208 Å². The molecule has 0 atom stereocenters. The lowest BCUT2D eigenvalue weighted by Gasteiger charge is -2.36. The zero-order valence-corrected chi connectivity index (χ0v) is 20.3. The smallest absolute Gasteiger partial charge is 0.251 e. The fourth-order valence-electron chi connectivity index (χ4n) is 4.50. The van der Waals surface area contributed by atoms with Crippen molar-refractivity contribution in [3.05, 3.63) is 60.3 Å². The highest BCUT2D eigenvalue weighted by Crippen LogP contribution is 2.35. The molecule has 36 heavy (non-hydrogen) atoms. The second-order valence-corrected chi connectivity index (χ2v) is 9.32. The third-order valence-electron chi connectivity index (χ3n) is 6.77. The molecule has 9 nitrogen and oxygen atoms in total. The summed E-state index contributed by atoms with van der Waals surface area (Å²) in [6.07, 6.45) is 2.91. The first-order chi connectivity index (χ1) is 17.3. The second kappa shape index (κ2) is 9.60. The van der Waals surface area contributed by atoms with Crippen LogP contribution in [-0.4, -0.2) is 75.4 Å². The predicted molar refractivity (Wildman–Crippen MR) is 137 cm³/mol. The first-order valence-corrected chi connectivity index (χ1v) is 11.9. The molecule has 4 aromatic rings. The lowest BCUT2D eigenvalue weighted by Crippen LogP contribution is -2.50. The zero-order chi connectivity index (χ0) is 25.3. The second-order valence-electron chi connectivity index (χ2n) is 9.32. The largest absolute Gasteiger partial charge is 0.507 e. The third-order valence-corrected chi connectivity index (χ3v) is 6.77. The number of aromatic hydroxyl groups is 1. The molecule has 0 spiro atoms. The molecule has 5 rings (SSSR count). The number of hydrogen-bond acceptors (Lipinski definition) is 7. The molecule has 1 saturated heterocycles. The summed E-state index contributed by atoms with van der Waals surface area (Å²) in [6, 6.07) is 14.2. The normalized spacial score (nSPS) is 15.6. The molecule has 0 bridgehead atoms. The Balaban J connectivity index is 1.38. The summed E-state index contributed by atoms with van der Waals surface area (Å²) >= 11 is 0. The van der Waals surface area contributed by atoms with Crippen molar-refractivity contribution in [1.29, 1.82) is 0 Å². The minimum atomic E-state index is -0.884. The van der Waals surface area contributed by atoms with Gasteiger partial charge in [0.05, 0.1) is 29.3 Å². The Morgan fingerprint density at radius 2 is 1.97 bits per heavy atom. The molecule has 1 aliphatic rings. The van der Waals surface area contributed by atoms with Crippen molar-refractivity contribution < 1.29 is 19.7 Å². The molecule has 9 heteroatoms. The van der Waals surface area contributed by atoms with Crippen LogP contribution >= 0.6 is 0 Å². The van der Waals surface area contributed by atoms with E-state index in [1.807, 2.05) is 25.2 Å². The van der Waals surface area contributed by atoms with Gasteiger partial charge in [-0.15, -0.1) is 0 Å². The molecule has 1 fully saturated rings. The van der Waals surface area contributed by atoms with Crippen LogP contribution < -0.4 is 10.1 Å². The van der Waals surface area contributed by atoms with E-state index in [0.29, 0.717) is 41.2 Å². The number of piperidine rings is 1. The van der Waals surface area contributed by atoms with Gasteiger partial charge < -0.3 is 30.2 Å². The highest BCUT2D eigenvalue weighted by Gasteiger charge is 2.31. The molecule has 0 saturated carbocycles. The van der Waals surface area contributed by atoms with Crippen molar-refractivity contribution in [2.75, 3.05) is 33.8 Å². The molecule has 3 heterocycles. The van der Waals surface area contributed by atoms with Gasteiger partial charge in [-0.25, -0.2) is 9.97 Å². The number of rotatable bonds is 6. The molecular formula is C27H29N5O4. The maximum atomic E-state index is 12.8. The number of nitrogens with one attached hydrogen (secondary N) is 2. The van der Waals surface area contributed by atoms with Crippen LogP contribution in [0.2, 0.25) is 0 Å². The average molecular weight is 488 g/mol. The number of ether oxygens (including phenoxy) is 1. The van der Waals surface area contributed by atoms with E-state index in [4.69, 9.17) is 4.74 Å². The molecular weight excluding hydrogens is 458 g/mol. The number of benzene rings is 2. The van der Waals surface area contributed by atoms with Gasteiger partial charge in [-0.2, -0.15) is 0 Å². The summed E-state index contributed by atoms with van der Waals surface area (Å²) in [5.41, 5.74) is 3.03. The molecule has 1 amide bonds. The van der Waals surface area contributed by atoms with E-state index >= 15 is 0 Å². The number of nitrogens with zero attached hydrogens (tertiary/aromatic N) is 3. The van der Waals surface area contributed by atoms with Crippen molar-refractivity contribution in [2.45, 2.75) is 18.4 Å². The molecule has 2 aromatic carbocycles. The zero-order valence-electron chi connectivity index (χ0n) is 20.3. The number of aromatic amines is 1. The van der Waals surface area contributed by atoms with E-state index in [1.165, 1.54) is 0 Å². The number of aromatic nitrogens is 3. The first-order valence-electron chi connectivity index (χ1n) is 11.9. The summed E-state index contributed by atoms with van der Waals surface area (Å²) in [4.78, 5) is 27.1. The average Bonchev–Trinajstić information content (AvgIpc) is 3.33. The number of aliphatic hydroxyl groups is 1. The van der Waals surface area contributed by atoms with Gasteiger partial charge in [0.1, 0.15) is 11.6 Å². The fraction of sp³-hybridized carbons (Fsp3) is 0.296. The van der Waals surface area contributed by atoms with Crippen molar-refractivity contribution in [3.63, 3.8) is 0 Å². The van der Waals surface area contributed by atoms with Crippen molar-refractivity contribution >= 4 is 16.9 Å². The summed E-state index contributed by atoms with van der Waals surface area (Å²) in [5.74, 6) is 0.775. The minimum absolute atomic E-state index is 0.0741. The fourth-order valence-corrected chi connectivity index (χ4v) is 4.50. The standard InChI is InChI=1S/C27H29N5O4/c1-32-12-9-27(35,10-13-32)16-29-25(34)18-5-7-21-22(15-18)31-24(30-21)20-14-17(6-8-23(20)33)19-4-3-11-28-26(19)36-2/h3-8,11,14-15,33,35H,9-10,12-13,16H2,1-2H3,(H,29,34)(H,30,31). The van der Waals surface area contributed by atoms with Crippen LogP contribution in [0.5, 0.6) is 11.6 Å². The lowest BCUT2D eigenvalue weighted by molar-refractivity contribution is -0.0135. The number of imidazole rings is 1. The van der Waals surface area contributed by atoms with Gasteiger partial charge in [-0.05, 0) is 67.9 Å². The monoisotopic (exact) mass is 487 g/mol. The van der Waals surface area contributed by atoms with E-state index in [0.717, 1.165) is 29.7 Å². The van der Waals surface area contributed by atoms with E-state index in [-0.39, 0.29) is 18.2 Å². The Morgan fingerprint density at radius 3 is 2.75 bits per heavy atom. The van der Waals surface area contributed by atoms with E-state index < -0.39 is 5.60 Å². The van der Waals surface area contributed by atoms with Crippen molar-refractivity contribution in [3.8, 4) is 34.1 Å². The summed E-state index contributed by atoms with van der Waals surface area (Å²) in [5, 5.41) is 24.2. The van der Waals surface area contributed by atoms with Crippen LogP contribution in [0.15, 0.2) is 54.7 Å². The Kier molecular flexibility index (Phi) is 6.34. The van der Waals surface area contributed by atoms with Crippen LogP contribution in [0.4, 0.5) is 0 Å². The van der Waals surface area contributed by atoms with E-state index in [1.54, 1.807) is 43.6 Å². The molecule has 0 radical (unpaired) electrons. The SMILES string of the molecule is COc1ncccc1-c1ccc(O)c(-c2nc3cc(C(=O)NCC4(O)CCN(C)CC4)ccc3[nH]2)c1. The van der Waals surface area contributed by atoms with Gasteiger partial charge in [0.25, 0.3) is 5.91 Å². The Morgan fingerprint density at radius 1 is 1.17 bits per heavy atom. The van der Waals surface area contributed by atoms with Crippen LogP contribution in [0.3, 0.4) is 0 Å². The highest BCUT2D eigenvalue weighted by atomic mass is 16.5. The number of methoxy groups -OCH3 is 1. The van der Waals surface area contributed by atoms with E-state index in [9.17, 15) is 15.0 Å². The maximum absolute atomic E-state index is 12.8. The quantitative estimate of drug-likeness (QED) is 0.329. The summed E-state index contributed by atoms with van der Waals surface area (Å²) in [6.45, 7) is 1.81. The van der Waals surface area contributed by atoms with Crippen molar-refractivity contribution in [2.24, 2.45) is 0 Å². The number of phenolic OH excluding ortho intramolecular Hbond substituents is 1. The minimum Gasteiger partial charge on any atom is -0.507 e. The van der Waals surface area contributed by atoms with Gasteiger partial charge in [0.15, 0.2) is 0 Å². The van der Waals surface area contributed by atoms with Crippen LogP contribution in [0.1, 0.15) is 23.2 Å². The Bertz CT molecular complexity index is 1410. The number of pyridine rings is 1. The molecule has 4 N–H and O–H groups in total. The highest BCUT2D eigenvalue weighted by molar-refractivity contribution is 5.97. The van der Waals surface area contributed by atoms with Crippen LogP contribution in [-0.2, 0) is 0 Å². The molecule has 0 unspecified atom stereocenters. The number of amides is 1. The molecule has 0 aliphatic carbocycles. The Hall–Kier alpha value is -3.95. The third kappa shape index (κ3) is 4.75. The molecule has 2 aromatic heterocycles. The van der Waals surface area contributed by atoms with Gasteiger partial charge in [0, 0.05) is 37.0 Å². The van der Waals surface area contributed by atoms with Gasteiger partial charge in [-0.1, -0.05) is 6.07 Å².